The van der Waals surface area contributed by atoms with Crippen LogP contribution in [-0.4, -0.2) is 21.6 Å². The van der Waals surface area contributed by atoms with Crippen LogP contribution < -0.4 is 11.1 Å². The van der Waals surface area contributed by atoms with Crippen molar-refractivity contribution in [1.82, 2.24) is 9.97 Å². The molecule has 0 saturated carbocycles. The second-order valence-electron chi connectivity index (χ2n) is 5.01. The molecule has 120 valence electrons. The Kier molecular flexibility index (Phi) is 3.83. The smallest absolute Gasteiger partial charge is 0.408 e. The van der Waals surface area contributed by atoms with Crippen molar-refractivity contribution >= 4 is 56.0 Å². The lowest BCUT2D eigenvalue weighted by molar-refractivity contribution is -0.113. The maximum absolute atomic E-state index is 12.1. The summed E-state index contributed by atoms with van der Waals surface area (Å²) in [7, 11) is 0. The van der Waals surface area contributed by atoms with Gasteiger partial charge < -0.3 is 9.73 Å². The predicted octanol–water partition coefficient (Wildman–Crippen LogP) is 3.46. The van der Waals surface area contributed by atoms with Gasteiger partial charge in [-0.3, -0.25) is 9.78 Å². The Labute approximate surface area is 143 Å². The molecule has 0 aliphatic rings. The zero-order chi connectivity index (χ0) is 16.5. The number of nitrogens with one attached hydrogen (secondary N) is 2. The molecule has 0 aliphatic heterocycles. The quantitative estimate of drug-likeness (QED) is 0.546. The molecule has 6 nitrogen and oxygen atoms in total. The van der Waals surface area contributed by atoms with Crippen LogP contribution in [0.2, 0.25) is 0 Å². The van der Waals surface area contributed by atoms with E-state index in [1.807, 2.05) is 24.3 Å². The van der Waals surface area contributed by atoms with Crippen molar-refractivity contribution < 1.29 is 9.21 Å². The lowest BCUT2D eigenvalue weighted by atomic mass is 10.3. The van der Waals surface area contributed by atoms with Crippen molar-refractivity contribution in [3.8, 4) is 0 Å². The Morgan fingerprint density at radius 2 is 2.17 bits per heavy atom. The number of aromatic amines is 1. The topological polar surface area (TPSA) is 88.0 Å². The highest BCUT2D eigenvalue weighted by molar-refractivity contribution is 8.01. The number of H-pyrrole nitrogens is 1. The summed E-state index contributed by atoms with van der Waals surface area (Å²) in [6.45, 7) is 0. The van der Waals surface area contributed by atoms with Gasteiger partial charge in [-0.05, 0) is 30.3 Å². The van der Waals surface area contributed by atoms with E-state index in [9.17, 15) is 9.59 Å². The Morgan fingerprint density at radius 3 is 3.04 bits per heavy atom. The zero-order valence-corrected chi connectivity index (χ0v) is 13.9. The van der Waals surface area contributed by atoms with Gasteiger partial charge in [-0.25, -0.2) is 9.78 Å². The first-order valence-electron chi connectivity index (χ1n) is 7.08. The molecule has 2 heterocycles. The normalized spacial score (nSPS) is 11.2. The number of hydrogen-bond donors (Lipinski definition) is 2. The van der Waals surface area contributed by atoms with Crippen LogP contribution in [0.3, 0.4) is 0 Å². The molecule has 0 radical (unpaired) electrons. The number of carbonyl (C=O) groups is 1. The van der Waals surface area contributed by atoms with Crippen molar-refractivity contribution in [3.63, 3.8) is 0 Å². The lowest BCUT2D eigenvalue weighted by Gasteiger charge is -2.03. The fourth-order valence-corrected chi connectivity index (χ4v) is 4.14. The van der Waals surface area contributed by atoms with Crippen molar-refractivity contribution in [1.29, 1.82) is 0 Å². The molecular weight excluding hydrogens is 346 g/mol. The summed E-state index contributed by atoms with van der Waals surface area (Å²) in [5, 5.41) is 2.80. The molecule has 0 bridgehead atoms. The van der Waals surface area contributed by atoms with Crippen LogP contribution >= 0.6 is 23.1 Å². The highest BCUT2D eigenvalue weighted by Gasteiger charge is 2.09. The zero-order valence-electron chi connectivity index (χ0n) is 12.2. The number of anilines is 1. The number of hydrogen-bond acceptors (Lipinski definition) is 6. The fraction of sp³-hybridized carbons (Fsp3) is 0.0625. The summed E-state index contributed by atoms with van der Waals surface area (Å²) in [4.78, 5) is 30.3. The van der Waals surface area contributed by atoms with E-state index in [-0.39, 0.29) is 11.7 Å². The molecule has 0 atom stereocenters. The summed E-state index contributed by atoms with van der Waals surface area (Å²) >= 11 is 2.97. The van der Waals surface area contributed by atoms with Gasteiger partial charge in [-0.2, -0.15) is 0 Å². The minimum absolute atomic E-state index is 0.135. The summed E-state index contributed by atoms with van der Waals surface area (Å²) in [6, 6.07) is 12.9. The van der Waals surface area contributed by atoms with Crippen molar-refractivity contribution in [2.45, 2.75) is 4.34 Å². The van der Waals surface area contributed by atoms with Gasteiger partial charge in [0.25, 0.3) is 0 Å². The summed E-state index contributed by atoms with van der Waals surface area (Å²) in [6.07, 6.45) is 0. The number of fused-ring (bicyclic) bond motifs is 2. The molecule has 0 spiro atoms. The Hall–Kier alpha value is -2.58. The first-order valence-corrected chi connectivity index (χ1v) is 8.89. The first-order chi connectivity index (χ1) is 11.7. The number of rotatable bonds is 4. The van der Waals surface area contributed by atoms with Crippen LogP contribution in [0.25, 0.3) is 21.3 Å². The largest absolute Gasteiger partial charge is 0.417 e. The third kappa shape index (κ3) is 3.06. The van der Waals surface area contributed by atoms with Crippen LogP contribution in [0, 0.1) is 0 Å². The van der Waals surface area contributed by atoms with Crippen molar-refractivity contribution in [3.05, 3.63) is 53.0 Å². The molecule has 2 N–H and O–H groups in total. The summed E-state index contributed by atoms with van der Waals surface area (Å²) in [5.74, 6) is -0.385. The third-order valence-electron chi connectivity index (χ3n) is 3.30. The number of oxazole rings is 1. The van der Waals surface area contributed by atoms with E-state index in [0.717, 1.165) is 14.6 Å². The number of aromatic nitrogens is 2. The van der Waals surface area contributed by atoms with Crippen LogP contribution in [0.4, 0.5) is 5.69 Å². The number of benzene rings is 2. The van der Waals surface area contributed by atoms with Crippen LogP contribution in [0.15, 0.2) is 56.0 Å². The lowest BCUT2D eigenvalue weighted by Crippen LogP contribution is -2.13. The number of nitrogens with zero attached hydrogens (tertiary/aromatic N) is 1. The molecule has 0 fully saturated rings. The van der Waals surface area contributed by atoms with Gasteiger partial charge in [0.15, 0.2) is 9.92 Å². The number of carbonyl (C=O) groups excluding carboxylic acids is 1. The van der Waals surface area contributed by atoms with E-state index in [0.29, 0.717) is 16.8 Å². The van der Waals surface area contributed by atoms with Gasteiger partial charge in [0.1, 0.15) is 0 Å². The molecule has 2 aromatic heterocycles. The number of thioether (sulfide) groups is 1. The van der Waals surface area contributed by atoms with E-state index >= 15 is 0 Å². The average molecular weight is 357 g/mol. The van der Waals surface area contributed by atoms with E-state index in [4.69, 9.17) is 4.42 Å². The summed E-state index contributed by atoms with van der Waals surface area (Å²) < 4.78 is 6.90. The second-order valence-corrected chi connectivity index (χ2v) is 7.26. The Morgan fingerprint density at radius 1 is 1.29 bits per heavy atom. The molecular formula is C16H11N3O3S2. The molecule has 0 aliphatic carbocycles. The number of amides is 1. The maximum Gasteiger partial charge on any atom is 0.417 e. The second kappa shape index (κ2) is 6.14. The van der Waals surface area contributed by atoms with Crippen molar-refractivity contribution in [2.75, 3.05) is 11.1 Å². The van der Waals surface area contributed by atoms with E-state index in [2.05, 4.69) is 15.3 Å². The standard InChI is InChI=1S/C16H11N3O3S2/c20-14(8-23-16-19-10-3-1-2-4-13(10)24-16)17-9-5-6-12-11(7-9)18-15(21)22-12/h1-7H,8H2,(H,17,20)(H,18,21). The maximum atomic E-state index is 12.1. The van der Waals surface area contributed by atoms with Crippen molar-refractivity contribution in [2.24, 2.45) is 0 Å². The molecule has 8 heteroatoms. The molecule has 2 aromatic carbocycles. The minimum Gasteiger partial charge on any atom is -0.408 e. The predicted molar refractivity (Wildman–Crippen MR) is 95.8 cm³/mol. The van der Waals surface area contributed by atoms with Gasteiger partial charge in [0.2, 0.25) is 5.91 Å². The van der Waals surface area contributed by atoms with Gasteiger partial charge in [0.05, 0.1) is 21.5 Å². The number of thiazole rings is 1. The molecule has 1 amide bonds. The molecule has 0 saturated heterocycles. The molecule has 4 aromatic rings. The average Bonchev–Trinajstić information content (AvgIpc) is 3.14. The highest BCUT2D eigenvalue weighted by atomic mass is 32.2. The fourth-order valence-electron chi connectivity index (χ4n) is 2.27. The van der Waals surface area contributed by atoms with Gasteiger partial charge in [-0.1, -0.05) is 23.9 Å². The number of para-hydroxylation sites is 1. The van der Waals surface area contributed by atoms with Gasteiger partial charge >= 0.3 is 5.76 Å². The monoisotopic (exact) mass is 357 g/mol. The van der Waals surface area contributed by atoms with Crippen LogP contribution in [-0.2, 0) is 4.79 Å². The van der Waals surface area contributed by atoms with Gasteiger partial charge in [0, 0.05) is 5.69 Å². The van der Waals surface area contributed by atoms with E-state index < -0.39 is 5.76 Å². The molecule has 24 heavy (non-hydrogen) atoms. The van der Waals surface area contributed by atoms with E-state index in [1.165, 1.54) is 11.8 Å². The Balaban J connectivity index is 1.42. The van der Waals surface area contributed by atoms with Crippen LogP contribution in [0.5, 0.6) is 0 Å². The SMILES string of the molecule is O=C(CSc1nc2ccccc2s1)Nc1ccc2oc(=O)[nH]c2c1. The van der Waals surface area contributed by atoms with E-state index in [1.54, 1.807) is 29.5 Å². The molecule has 4 rings (SSSR count). The van der Waals surface area contributed by atoms with Crippen LogP contribution in [0.1, 0.15) is 0 Å². The Bertz CT molecular complexity index is 1060. The first kappa shape index (κ1) is 15.0. The molecule has 0 unspecified atom stereocenters. The minimum atomic E-state index is -0.514. The highest BCUT2D eigenvalue weighted by Crippen LogP contribution is 2.29. The summed E-state index contributed by atoms with van der Waals surface area (Å²) in [5.41, 5.74) is 2.56. The third-order valence-corrected chi connectivity index (χ3v) is 5.48. The van der Waals surface area contributed by atoms with Gasteiger partial charge in [-0.15, -0.1) is 11.3 Å².